The molecule has 0 radical (unpaired) electrons. The van der Waals surface area contributed by atoms with E-state index in [-0.39, 0.29) is 18.0 Å². The first-order chi connectivity index (χ1) is 14.0. The summed E-state index contributed by atoms with van der Waals surface area (Å²) in [6, 6.07) is 15.1. The molecule has 2 heterocycles. The highest BCUT2D eigenvalue weighted by Gasteiger charge is 2.22. The van der Waals surface area contributed by atoms with E-state index in [0.717, 1.165) is 42.0 Å². The van der Waals surface area contributed by atoms with E-state index < -0.39 is 0 Å². The number of anilines is 2. The fraction of sp³-hybridized carbons (Fsp3) is 0.348. The number of rotatable bonds is 4. The molecule has 1 saturated heterocycles. The van der Waals surface area contributed by atoms with Crippen molar-refractivity contribution >= 4 is 28.2 Å². The van der Waals surface area contributed by atoms with Gasteiger partial charge in [-0.1, -0.05) is 43.3 Å². The lowest BCUT2D eigenvalue weighted by molar-refractivity contribution is -0.117. The molecule has 1 aromatic heterocycles. The largest absolute Gasteiger partial charge is 0.354 e. The van der Waals surface area contributed by atoms with Crippen molar-refractivity contribution in [2.24, 2.45) is 5.92 Å². The van der Waals surface area contributed by atoms with Gasteiger partial charge in [0.2, 0.25) is 5.91 Å². The Morgan fingerprint density at radius 1 is 1.14 bits per heavy atom. The highest BCUT2D eigenvalue weighted by atomic mass is 16.2. The van der Waals surface area contributed by atoms with Crippen LogP contribution in [0.15, 0.2) is 53.3 Å². The number of hydrogen-bond donors (Lipinski definition) is 1. The number of carbonyl (C=O) groups is 1. The summed E-state index contributed by atoms with van der Waals surface area (Å²) in [6.07, 6.45) is 2.30. The van der Waals surface area contributed by atoms with Crippen LogP contribution < -0.4 is 15.8 Å². The van der Waals surface area contributed by atoms with Crippen LogP contribution in [-0.4, -0.2) is 28.8 Å². The van der Waals surface area contributed by atoms with Gasteiger partial charge >= 0.3 is 0 Å². The predicted molar refractivity (Wildman–Crippen MR) is 116 cm³/mol. The normalized spacial score (nSPS) is 16.8. The standard InChI is InChI=1S/C23H26N4O2/c1-16-8-7-13-26(14-16)22-18-10-4-5-11-19(18)23(29)27(25-22)15-21(28)24-20-12-6-3-9-17(20)2/h3-6,9-12,16H,7-8,13-15H2,1-2H3,(H,24,28)/t16-/m0/s1. The molecule has 29 heavy (non-hydrogen) atoms. The molecule has 6 nitrogen and oxygen atoms in total. The third-order valence-electron chi connectivity index (χ3n) is 5.52. The van der Waals surface area contributed by atoms with Crippen LogP contribution in [0, 0.1) is 12.8 Å². The zero-order valence-electron chi connectivity index (χ0n) is 16.9. The number of piperidine rings is 1. The third kappa shape index (κ3) is 4.01. The minimum absolute atomic E-state index is 0.117. The second-order valence-electron chi connectivity index (χ2n) is 7.89. The summed E-state index contributed by atoms with van der Waals surface area (Å²) in [5.41, 5.74) is 1.48. The van der Waals surface area contributed by atoms with Gasteiger partial charge in [0.15, 0.2) is 5.82 Å². The van der Waals surface area contributed by atoms with Crippen LogP contribution in [0.2, 0.25) is 0 Å². The summed E-state index contributed by atoms with van der Waals surface area (Å²) in [4.78, 5) is 27.9. The van der Waals surface area contributed by atoms with Gasteiger partial charge in [0.1, 0.15) is 6.54 Å². The van der Waals surface area contributed by atoms with E-state index in [9.17, 15) is 9.59 Å². The lowest BCUT2D eigenvalue weighted by atomic mass is 10.00. The van der Waals surface area contributed by atoms with Crippen molar-refractivity contribution < 1.29 is 4.79 Å². The van der Waals surface area contributed by atoms with Crippen molar-refractivity contribution in [2.45, 2.75) is 33.2 Å². The first kappa shape index (κ1) is 19.2. The molecule has 1 amide bonds. The minimum Gasteiger partial charge on any atom is -0.354 e. The van der Waals surface area contributed by atoms with Crippen molar-refractivity contribution in [3.63, 3.8) is 0 Å². The molecule has 1 aliphatic rings. The van der Waals surface area contributed by atoms with Crippen LogP contribution in [0.1, 0.15) is 25.3 Å². The van der Waals surface area contributed by atoms with Gasteiger partial charge in [-0.25, -0.2) is 4.68 Å². The number of nitrogens with one attached hydrogen (secondary N) is 1. The van der Waals surface area contributed by atoms with E-state index in [1.165, 1.54) is 11.1 Å². The molecule has 1 fully saturated rings. The molecule has 0 unspecified atom stereocenters. The Morgan fingerprint density at radius 3 is 2.62 bits per heavy atom. The zero-order chi connectivity index (χ0) is 20.4. The zero-order valence-corrected chi connectivity index (χ0v) is 16.9. The van der Waals surface area contributed by atoms with Gasteiger partial charge in [-0.3, -0.25) is 9.59 Å². The van der Waals surface area contributed by atoms with E-state index in [2.05, 4.69) is 22.2 Å². The SMILES string of the molecule is Cc1ccccc1NC(=O)Cn1nc(N2CCC[C@H](C)C2)c2ccccc2c1=O. The molecule has 4 rings (SSSR count). The van der Waals surface area contributed by atoms with Crippen molar-refractivity contribution in [3.05, 3.63) is 64.4 Å². The lowest BCUT2D eigenvalue weighted by Gasteiger charge is -2.32. The summed E-state index contributed by atoms with van der Waals surface area (Å²) in [5, 5.41) is 8.97. The molecule has 1 N–H and O–H groups in total. The fourth-order valence-electron chi connectivity index (χ4n) is 3.98. The molecule has 0 saturated carbocycles. The number of fused-ring (bicyclic) bond motifs is 1. The molecule has 0 aliphatic carbocycles. The van der Waals surface area contributed by atoms with Crippen LogP contribution in [0.25, 0.3) is 10.8 Å². The maximum atomic E-state index is 13.0. The molecule has 2 aromatic carbocycles. The van der Waals surface area contributed by atoms with Crippen molar-refractivity contribution in [1.29, 1.82) is 0 Å². The Labute approximate surface area is 170 Å². The summed E-state index contributed by atoms with van der Waals surface area (Å²) in [6.45, 7) is 5.87. The molecule has 150 valence electrons. The number of aromatic nitrogens is 2. The van der Waals surface area contributed by atoms with Crippen LogP contribution in [0.3, 0.4) is 0 Å². The minimum atomic E-state index is -0.262. The first-order valence-electron chi connectivity index (χ1n) is 10.1. The number of aryl methyl sites for hydroxylation is 1. The van der Waals surface area contributed by atoms with Crippen molar-refractivity contribution in [1.82, 2.24) is 9.78 Å². The lowest BCUT2D eigenvalue weighted by Crippen LogP contribution is -2.38. The van der Waals surface area contributed by atoms with E-state index in [1.807, 2.05) is 55.5 Å². The second-order valence-corrected chi connectivity index (χ2v) is 7.89. The maximum Gasteiger partial charge on any atom is 0.275 e. The number of para-hydroxylation sites is 1. The summed E-state index contributed by atoms with van der Waals surface area (Å²) < 4.78 is 1.30. The van der Waals surface area contributed by atoms with Crippen LogP contribution in [0.5, 0.6) is 0 Å². The maximum absolute atomic E-state index is 13.0. The van der Waals surface area contributed by atoms with Gasteiger partial charge in [-0.2, -0.15) is 5.10 Å². The molecule has 1 atom stereocenters. The number of carbonyl (C=O) groups excluding carboxylic acids is 1. The van der Waals surface area contributed by atoms with Gasteiger partial charge in [0.25, 0.3) is 5.56 Å². The fourth-order valence-corrected chi connectivity index (χ4v) is 3.98. The quantitative estimate of drug-likeness (QED) is 0.739. The number of nitrogens with zero attached hydrogens (tertiary/aromatic N) is 3. The molecule has 0 spiro atoms. The Hall–Kier alpha value is -3.15. The number of amides is 1. The molecular formula is C23H26N4O2. The Bertz CT molecular complexity index is 1110. The topological polar surface area (TPSA) is 67.2 Å². The highest BCUT2D eigenvalue weighted by molar-refractivity contribution is 5.93. The second kappa shape index (κ2) is 8.07. The van der Waals surface area contributed by atoms with Gasteiger partial charge in [-0.15, -0.1) is 0 Å². The van der Waals surface area contributed by atoms with Crippen molar-refractivity contribution in [2.75, 3.05) is 23.3 Å². The molecule has 6 heteroatoms. The van der Waals surface area contributed by atoms with E-state index in [1.54, 1.807) is 0 Å². The number of benzene rings is 2. The Balaban J connectivity index is 1.69. The van der Waals surface area contributed by atoms with Gasteiger partial charge in [-0.05, 0) is 43.4 Å². The highest BCUT2D eigenvalue weighted by Crippen LogP contribution is 2.26. The first-order valence-corrected chi connectivity index (χ1v) is 10.1. The Morgan fingerprint density at radius 2 is 1.86 bits per heavy atom. The molecule has 0 bridgehead atoms. The van der Waals surface area contributed by atoms with Gasteiger partial charge in [0, 0.05) is 24.2 Å². The summed E-state index contributed by atoms with van der Waals surface area (Å²) in [7, 11) is 0. The summed E-state index contributed by atoms with van der Waals surface area (Å²) >= 11 is 0. The molecular weight excluding hydrogens is 364 g/mol. The average Bonchev–Trinajstić information content (AvgIpc) is 2.72. The smallest absolute Gasteiger partial charge is 0.275 e. The Kier molecular flexibility index (Phi) is 5.34. The van der Waals surface area contributed by atoms with E-state index >= 15 is 0 Å². The van der Waals surface area contributed by atoms with Gasteiger partial charge < -0.3 is 10.2 Å². The summed E-state index contributed by atoms with van der Waals surface area (Å²) in [5.74, 6) is 1.10. The van der Waals surface area contributed by atoms with Crippen LogP contribution in [-0.2, 0) is 11.3 Å². The molecule has 1 aliphatic heterocycles. The van der Waals surface area contributed by atoms with E-state index in [4.69, 9.17) is 0 Å². The predicted octanol–water partition coefficient (Wildman–Crippen LogP) is 3.58. The average molecular weight is 390 g/mol. The van der Waals surface area contributed by atoms with Crippen molar-refractivity contribution in [3.8, 4) is 0 Å². The van der Waals surface area contributed by atoms with Crippen LogP contribution in [0.4, 0.5) is 11.5 Å². The van der Waals surface area contributed by atoms with E-state index in [0.29, 0.717) is 11.3 Å². The monoisotopic (exact) mass is 390 g/mol. The molecule has 3 aromatic rings. The van der Waals surface area contributed by atoms with Gasteiger partial charge in [0.05, 0.1) is 5.39 Å². The number of hydrogen-bond acceptors (Lipinski definition) is 4. The third-order valence-corrected chi connectivity index (χ3v) is 5.52. The van der Waals surface area contributed by atoms with Crippen LogP contribution >= 0.6 is 0 Å².